The molecule has 0 aromatic heterocycles. The molecule has 0 unspecified atom stereocenters. The Hall–Kier alpha value is -2.79. The van der Waals surface area contributed by atoms with Crippen molar-refractivity contribution in [3.05, 3.63) is 71.8 Å². The van der Waals surface area contributed by atoms with Gasteiger partial charge in [-0.05, 0) is 12.8 Å². The van der Waals surface area contributed by atoms with Gasteiger partial charge in [-0.1, -0.05) is 79.9 Å². The molecule has 1 fully saturated rings. The fourth-order valence-corrected chi connectivity index (χ4v) is 3.02. The highest BCUT2D eigenvalue weighted by molar-refractivity contribution is 6.40. The Morgan fingerprint density at radius 2 is 1.30 bits per heavy atom. The Morgan fingerprint density at radius 3 is 1.78 bits per heavy atom. The molecule has 1 aliphatic rings. The van der Waals surface area contributed by atoms with Crippen molar-refractivity contribution in [1.29, 1.82) is 0 Å². The molecule has 5 heteroatoms. The third kappa shape index (κ3) is 5.59. The molecule has 1 aliphatic carbocycles. The molecule has 0 heterocycles. The second-order valence-electron chi connectivity index (χ2n) is 6.47. The Morgan fingerprint density at radius 1 is 0.815 bits per heavy atom. The standard InChI is InChI=1S/C13H16O2.C9H8O3/c14-12(11-7-3-1-4-8-11)13(15)9-5-2-6-10-13;1-12-9(11)8(10)7-5-3-2-4-6-7/h1,3-4,7-8,15H,2,5-6,9-10H2;2-6H,1H3. The van der Waals surface area contributed by atoms with Crippen LogP contribution in [0.3, 0.4) is 0 Å². The number of methoxy groups -OCH3 is 1. The van der Waals surface area contributed by atoms with E-state index in [1.54, 1.807) is 42.5 Å². The summed E-state index contributed by atoms with van der Waals surface area (Å²) >= 11 is 0. The van der Waals surface area contributed by atoms with Crippen molar-refractivity contribution in [2.75, 3.05) is 7.11 Å². The molecule has 1 N–H and O–H groups in total. The molecule has 142 valence electrons. The summed E-state index contributed by atoms with van der Waals surface area (Å²) in [4.78, 5) is 33.9. The minimum absolute atomic E-state index is 0.109. The lowest BCUT2D eigenvalue weighted by Gasteiger charge is -2.30. The summed E-state index contributed by atoms with van der Waals surface area (Å²) in [6.07, 6.45) is 4.26. The Bertz CT molecular complexity index is 762. The predicted octanol–water partition coefficient (Wildman–Crippen LogP) is 3.61. The number of hydrogen-bond acceptors (Lipinski definition) is 5. The summed E-state index contributed by atoms with van der Waals surface area (Å²) in [5.74, 6) is -1.55. The van der Waals surface area contributed by atoms with Crippen LogP contribution in [0.2, 0.25) is 0 Å². The number of ketones is 2. The number of aliphatic hydroxyl groups is 1. The summed E-state index contributed by atoms with van der Waals surface area (Å²) in [6.45, 7) is 0. The quantitative estimate of drug-likeness (QED) is 0.507. The third-order valence-electron chi connectivity index (χ3n) is 4.55. The van der Waals surface area contributed by atoms with E-state index in [9.17, 15) is 19.5 Å². The fourth-order valence-electron chi connectivity index (χ4n) is 3.02. The zero-order chi connectivity index (χ0) is 19.7. The van der Waals surface area contributed by atoms with Gasteiger partial charge in [-0.2, -0.15) is 0 Å². The predicted molar refractivity (Wildman–Crippen MR) is 102 cm³/mol. The lowest BCUT2D eigenvalue weighted by Crippen LogP contribution is -2.40. The molecule has 27 heavy (non-hydrogen) atoms. The third-order valence-corrected chi connectivity index (χ3v) is 4.55. The van der Waals surface area contributed by atoms with Gasteiger partial charge in [-0.3, -0.25) is 9.59 Å². The Kier molecular flexibility index (Phi) is 7.44. The van der Waals surface area contributed by atoms with Gasteiger partial charge in [0.05, 0.1) is 7.11 Å². The average molecular weight is 368 g/mol. The molecule has 0 amide bonds. The molecule has 5 nitrogen and oxygen atoms in total. The number of carbonyl (C=O) groups excluding carboxylic acids is 3. The van der Waals surface area contributed by atoms with Crippen molar-refractivity contribution >= 4 is 17.5 Å². The van der Waals surface area contributed by atoms with Crippen LogP contribution in [0.4, 0.5) is 0 Å². The first-order valence-electron chi connectivity index (χ1n) is 8.98. The maximum absolute atomic E-state index is 12.1. The smallest absolute Gasteiger partial charge is 0.379 e. The van der Waals surface area contributed by atoms with E-state index >= 15 is 0 Å². The molecule has 0 saturated heterocycles. The molecule has 2 aromatic rings. The van der Waals surface area contributed by atoms with Crippen molar-refractivity contribution in [3.8, 4) is 0 Å². The van der Waals surface area contributed by atoms with E-state index in [2.05, 4.69) is 4.74 Å². The first-order valence-corrected chi connectivity index (χ1v) is 8.98. The van der Waals surface area contributed by atoms with E-state index in [0.717, 1.165) is 19.3 Å². The van der Waals surface area contributed by atoms with E-state index in [1.807, 2.05) is 18.2 Å². The minimum atomic E-state index is -1.10. The van der Waals surface area contributed by atoms with Gasteiger partial charge in [-0.25, -0.2) is 4.79 Å². The zero-order valence-corrected chi connectivity index (χ0v) is 15.4. The van der Waals surface area contributed by atoms with Crippen LogP contribution >= 0.6 is 0 Å². The fraction of sp³-hybridized carbons (Fsp3) is 0.318. The van der Waals surface area contributed by atoms with Crippen molar-refractivity contribution in [2.45, 2.75) is 37.7 Å². The number of rotatable bonds is 4. The van der Waals surface area contributed by atoms with E-state index < -0.39 is 17.4 Å². The molecular weight excluding hydrogens is 344 g/mol. The molecule has 0 radical (unpaired) electrons. The first-order chi connectivity index (χ1) is 13.0. The largest absolute Gasteiger partial charge is 0.463 e. The van der Waals surface area contributed by atoms with Gasteiger partial charge in [0, 0.05) is 11.1 Å². The van der Waals surface area contributed by atoms with E-state index in [1.165, 1.54) is 7.11 Å². The van der Waals surface area contributed by atoms with Gasteiger partial charge in [0.1, 0.15) is 5.60 Å². The molecule has 0 aliphatic heterocycles. The lowest BCUT2D eigenvalue weighted by molar-refractivity contribution is -0.135. The zero-order valence-electron chi connectivity index (χ0n) is 15.4. The van der Waals surface area contributed by atoms with Gasteiger partial charge in [0.15, 0.2) is 5.78 Å². The van der Waals surface area contributed by atoms with Crippen LogP contribution in [0.5, 0.6) is 0 Å². The van der Waals surface area contributed by atoms with Crippen LogP contribution in [0, 0.1) is 0 Å². The minimum Gasteiger partial charge on any atom is -0.463 e. The number of esters is 1. The second-order valence-corrected chi connectivity index (χ2v) is 6.47. The van der Waals surface area contributed by atoms with Crippen LogP contribution in [0.15, 0.2) is 60.7 Å². The van der Waals surface area contributed by atoms with Gasteiger partial charge < -0.3 is 9.84 Å². The van der Waals surface area contributed by atoms with Crippen LogP contribution in [-0.4, -0.2) is 35.4 Å². The molecule has 1 saturated carbocycles. The SMILES string of the molecule is COC(=O)C(=O)c1ccccc1.O=C(c1ccccc1)C1(O)CCCCC1. The van der Waals surface area contributed by atoms with Crippen molar-refractivity contribution in [1.82, 2.24) is 0 Å². The Labute approximate surface area is 159 Å². The summed E-state index contributed by atoms with van der Waals surface area (Å²) in [5, 5.41) is 10.2. The van der Waals surface area contributed by atoms with Crippen LogP contribution in [0.1, 0.15) is 52.8 Å². The van der Waals surface area contributed by atoms with Gasteiger partial charge >= 0.3 is 5.97 Å². The van der Waals surface area contributed by atoms with E-state index in [0.29, 0.717) is 24.0 Å². The highest BCUT2D eigenvalue weighted by atomic mass is 16.5. The maximum atomic E-state index is 12.1. The van der Waals surface area contributed by atoms with Gasteiger partial charge in [-0.15, -0.1) is 0 Å². The van der Waals surface area contributed by atoms with Crippen molar-refractivity contribution in [2.24, 2.45) is 0 Å². The molecule has 0 bridgehead atoms. The van der Waals surface area contributed by atoms with Crippen LogP contribution < -0.4 is 0 Å². The summed E-state index contributed by atoms with van der Waals surface area (Å²) in [5.41, 5.74) is -0.120. The normalized spacial score (nSPS) is 15.0. The summed E-state index contributed by atoms with van der Waals surface area (Å²) in [7, 11) is 1.18. The van der Waals surface area contributed by atoms with Gasteiger partial charge in [0.25, 0.3) is 5.78 Å². The monoisotopic (exact) mass is 368 g/mol. The number of Topliss-reactive ketones (excluding diaryl/α,β-unsaturated/α-hetero) is 2. The average Bonchev–Trinajstić information content (AvgIpc) is 2.74. The van der Waals surface area contributed by atoms with Crippen LogP contribution in [0.25, 0.3) is 0 Å². The summed E-state index contributed by atoms with van der Waals surface area (Å²) < 4.78 is 4.28. The number of benzene rings is 2. The number of carbonyl (C=O) groups is 3. The van der Waals surface area contributed by atoms with E-state index in [4.69, 9.17) is 0 Å². The number of hydrogen-bond donors (Lipinski definition) is 1. The topological polar surface area (TPSA) is 80.7 Å². The highest BCUT2D eigenvalue weighted by Gasteiger charge is 2.37. The number of ether oxygens (including phenoxy) is 1. The first kappa shape index (κ1) is 20.5. The van der Waals surface area contributed by atoms with Crippen molar-refractivity contribution < 1.29 is 24.2 Å². The lowest BCUT2D eigenvalue weighted by atomic mass is 9.79. The van der Waals surface area contributed by atoms with E-state index in [-0.39, 0.29) is 5.78 Å². The maximum Gasteiger partial charge on any atom is 0.379 e. The second kappa shape index (κ2) is 9.78. The molecular formula is C22H24O5. The molecule has 0 atom stereocenters. The van der Waals surface area contributed by atoms with Crippen molar-refractivity contribution in [3.63, 3.8) is 0 Å². The van der Waals surface area contributed by atoms with Crippen LogP contribution in [-0.2, 0) is 9.53 Å². The van der Waals surface area contributed by atoms with Gasteiger partial charge in [0.2, 0.25) is 0 Å². The molecule has 0 spiro atoms. The molecule has 2 aromatic carbocycles. The molecule has 3 rings (SSSR count). The Balaban J connectivity index is 0.000000199. The summed E-state index contributed by atoms with van der Waals surface area (Å²) in [6, 6.07) is 17.4. The highest BCUT2D eigenvalue weighted by Crippen LogP contribution is 2.30.